The molecule has 0 aliphatic carbocycles. The summed E-state index contributed by atoms with van der Waals surface area (Å²) in [4.78, 5) is 2.83. The zero-order chi connectivity index (χ0) is 23.1. The number of aryl methyl sites for hydroxylation is 3. The zero-order valence-corrected chi connectivity index (χ0v) is 21.2. The molecular formula is C31H30NS+. The topological polar surface area (TPSA) is 3.88 Å². The van der Waals surface area contributed by atoms with Crippen LogP contribution in [-0.4, -0.2) is 0 Å². The molecule has 2 heteroatoms. The van der Waals surface area contributed by atoms with Crippen molar-refractivity contribution in [1.29, 1.82) is 0 Å². The molecule has 1 aromatic heterocycles. The van der Waals surface area contributed by atoms with Crippen molar-refractivity contribution < 1.29 is 4.57 Å². The Bertz CT molecular complexity index is 1620. The molecule has 0 bridgehead atoms. The summed E-state index contributed by atoms with van der Waals surface area (Å²) in [7, 11) is 2.20. The van der Waals surface area contributed by atoms with Crippen LogP contribution in [0.3, 0.4) is 0 Å². The van der Waals surface area contributed by atoms with Crippen molar-refractivity contribution in [3.05, 3.63) is 77.5 Å². The van der Waals surface area contributed by atoms with Crippen molar-refractivity contribution in [2.45, 2.75) is 50.8 Å². The molecule has 1 aliphatic heterocycles. The third-order valence-corrected chi connectivity index (χ3v) is 8.24. The molecule has 0 saturated carbocycles. The van der Waals surface area contributed by atoms with E-state index in [-0.39, 0.29) is 5.41 Å². The summed E-state index contributed by atoms with van der Waals surface area (Å²) in [6, 6.07) is 20.6. The van der Waals surface area contributed by atoms with Gasteiger partial charge in [0, 0.05) is 21.2 Å². The van der Waals surface area contributed by atoms with Gasteiger partial charge in [-0.2, -0.15) is 0 Å². The van der Waals surface area contributed by atoms with Crippen LogP contribution in [0.2, 0.25) is 0 Å². The number of pyridine rings is 1. The van der Waals surface area contributed by atoms with Gasteiger partial charge in [0.15, 0.2) is 6.20 Å². The summed E-state index contributed by atoms with van der Waals surface area (Å²) in [6.07, 6.45) is 3.31. The molecule has 164 valence electrons. The predicted molar refractivity (Wildman–Crippen MR) is 142 cm³/mol. The molecule has 6 rings (SSSR count). The highest BCUT2D eigenvalue weighted by molar-refractivity contribution is 8.00. The number of benzene rings is 4. The highest BCUT2D eigenvalue weighted by Crippen LogP contribution is 2.53. The monoisotopic (exact) mass is 448 g/mol. The Morgan fingerprint density at radius 1 is 0.848 bits per heavy atom. The highest BCUT2D eigenvalue weighted by Gasteiger charge is 2.33. The summed E-state index contributed by atoms with van der Waals surface area (Å²) >= 11 is 1.99. The first-order valence-electron chi connectivity index (χ1n) is 11.8. The second-order valence-electron chi connectivity index (χ2n) is 10.9. The Labute approximate surface area is 200 Å². The average molecular weight is 449 g/mol. The van der Waals surface area contributed by atoms with E-state index in [1.165, 1.54) is 70.1 Å². The predicted octanol–water partition coefficient (Wildman–Crippen LogP) is 8.31. The third-order valence-electron chi connectivity index (χ3n) is 7.04. The van der Waals surface area contributed by atoms with Crippen LogP contribution in [0.4, 0.5) is 0 Å². The number of aromatic nitrogens is 1. The van der Waals surface area contributed by atoms with E-state index in [0.717, 1.165) is 6.42 Å². The lowest BCUT2D eigenvalue weighted by Gasteiger charge is -2.28. The first-order valence-corrected chi connectivity index (χ1v) is 12.6. The molecule has 1 aliphatic rings. The van der Waals surface area contributed by atoms with Gasteiger partial charge in [-0.15, -0.1) is 0 Å². The van der Waals surface area contributed by atoms with E-state index in [9.17, 15) is 0 Å². The van der Waals surface area contributed by atoms with E-state index in [1.54, 1.807) is 0 Å². The van der Waals surface area contributed by atoms with Crippen LogP contribution in [0.1, 0.15) is 37.5 Å². The van der Waals surface area contributed by atoms with Gasteiger partial charge in [0.1, 0.15) is 7.05 Å². The van der Waals surface area contributed by atoms with Crippen molar-refractivity contribution >= 4 is 44.1 Å². The smallest absolute Gasteiger partial charge is 0.200 e. The van der Waals surface area contributed by atoms with Gasteiger partial charge in [-0.05, 0) is 64.4 Å². The first-order chi connectivity index (χ1) is 15.7. The standard InChI is InChI=1S/C31H30NS/c1-18-11-12-22-20(15-18)16-26-28-24(22)13-14-32(6)29(28)27-19(2)21-9-7-8-10-23(21)25(30(27)33-26)17-31(3,4)5/h7-16H,17H2,1-6H3/q+1. The number of fused-ring (bicyclic) bond motifs is 5. The van der Waals surface area contributed by atoms with Gasteiger partial charge in [0.25, 0.3) is 0 Å². The van der Waals surface area contributed by atoms with Gasteiger partial charge < -0.3 is 0 Å². The minimum Gasteiger partial charge on any atom is -0.200 e. The van der Waals surface area contributed by atoms with Gasteiger partial charge in [-0.1, -0.05) is 80.6 Å². The summed E-state index contributed by atoms with van der Waals surface area (Å²) in [5, 5.41) is 8.23. The quantitative estimate of drug-likeness (QED) is 0.181. The molecule has 4 aromatic carbocycles. The van der Waals surface area contributed by atoms with Crippen LogP contribution < -0.4 is 4.57 Å². The molecule has 0 N–H and O–H groups in total. The Morgan fingerprint density at radius 2 is 1.61 bits per heavy atom. The summed E-state index contributed by atoms with van der Waals surface area (Å²) in [6.45, 7) is 11.6. The van der Waals surface area contributed by atoms with Gasteiger partial charge in [-0.25, -0.2) is 4.57 Å². The molecule has 0 spiro atoms. The molecule has 33 heavy (non-hydrogen) atoms. The number of hydrogen-bond acceptors (Lipinski definition) is 1. The van der Waals surface area contributed by atoms with E-state index in [4.69, 9.17) is 0 Å². The Kier molecular flexibility index (Phi) is 4.45. The largest absolute Gasteiger partial charge is 0.222 e. The lowest BCUT2D eigenvalue weighted by Crippen LogP contribution is -2.32. The second kappa shape index (κ2) is 7.08. The Morgan fingerprint density at radius 3 is 2.36 bits per heavy atom. The van der Waals surface area contributed by atoms with Gasteiger partial charge >= 0.3 is 0 Å². The van der Waals surface area contributed by atoms with E-state index in [2.05, 4.69) is 107 Å². The van der Waals surface area contributed by atoms with E-state index < -0.39 is 0 Å². The minimum atomic E-state index is 0.210. The Hall–Kier alpha value is -2.84. The van der Waals surface area contributed by atoms with Crippen LogP contribution in [0, 0.1) is 19.3 Å². The van der Waals surface area contributed by atoms with Crippen LogP contribution in [0.5, 0.6) is 0 Å². The van der Waals surface area contributed by atoms with Crippen LogP contribution in [0.15, 0.2) is 70.6 Å². The fourth-order valence-corrected chi connectivity index (χ4v) is 7.00. The summed E-state index contributed by atoms with van der Waals surface area (Å²) < 4.78 is 2.34. The first kappa shape index (κ1) is 20.7. The lowest BCUT2D eigenvalue weighted by molar-refractivity contribution is -0.659. The third kappa shape index (κ3) is 3.11. The molecule has 0 atom stereocenters. The molecule has 0 radical (unpaired) electrons. The van der Waals surface area contributed by atoms with E-state index in [0.29, 0.717) is 0 Å². The maximum Gasteiger partial charge on any atom is 0.222 e. The number of nitrogens with zero attached hydrogens (tertiary/aromatic N) is 1. The molecular weight excluding hydrogens is 418 g/mol. The Balaban J connectivity index is 1.82. The molecule has 1 nitrogen and oxygen atoms in total. The van der Waals surface area contributed by atoms with E-state index in [1.807, 2.05) is 11.8 Å². The fraction of sp³-hybridized carbons (Fsp3) is 0.258. The van der Waals surface area contributed by atoms with Crippen molar-refractivity contribution in [3.8, 4) is 11.3 Å². The number of rotatable bonds is 1. The van der Waals surface area contributed by atoms with Crippen molar-refractivity contribution in [3.63, 3.8) is 0 Å². The second-order valence-corrected chi connectivity index (χ2v) is 11.9. The summed E-state index contributed by atoms with van der Waals surface area (Å²) in [5.74, 6) is 0. The summed E-state index contributed by atoms with van der Waals surface area (Å²) in [5.41, 5.74) is 7.19. The highest BCUT2D eigenvalue weighted by atomic mass is 32.2. The zero-order valence-electron chi connectivity index (χ0n) is 20.3. The molecule has 0 amide bonds. The van der Waals surface area contributed by atoms with E-state index >= 15 is 0 Å². The van der Waals surface area contributed by atoms with Crippen molar-refractivity contribution in [1.82, 2.24) is 0 Å². The maximum absolute atomic E-state index is 2.42. The number of hydrogen-bond donors (Lipinski definition) is 0. The molecule has 0 fully saturated rings. The van der Waals surface area contributed by atoms with Crippen molar-refractivity contribution in [2.75, 3.05) is 0 Å². The van der Waals surface area contributed by atoms with Crippen LogP contribution in [0.25, 0.3) is 43.6 Å². The fourth-order valence-electron chi connectivity index (χ4n) is 5.63. The van der Waals surface area contributed by atoms with Gasteiger partial charge in [0.2, 0.25) is 5.69 Å². The minimum absolute atomic E-state index is 0.210. The van der Waals surface area contributed by atoms with Crippen LogP contribution in [-0.2, 0) is 13.5 Å². The van der Waals surface area contributed by atoms with Crippen LogP contribution >= 0.6 is 11.8 Å². The average Bonchev–Trinajstić information content (AvgIpc) is 2.77. The lowest BCUT2D eigenvalue weighted by atomic mass is 9.83. The van der Waals surface area contributed by atoms with Crippen molar-refractivity contribution in [2.24, 2.45) is 12.5 Å². The van der Waals surface area contributed by atoms with Gasteiger partial charge in [-0.3, -0.25) is 0 Å². The maximum atomic E-state index is 2.42. The van der Waals surface area contributed by atoms with Gasteiger partial charge in [0.05, 0.1) is 10.9 Å². The molecule has 0 unspecified atom stereocenters. The molecule has 2 heterocycles. The SMILES string of the molecule is Cc1ccc2c(c1)cc1c3c([n+](C)ccc32)-c2c(c(CC(C)(C)C)c3ccccc3c2C)S1. The molecule has 0 saturated heterocycles. The molecule has 5 aromatic rings. The normalized spacial score (nSPS) is 13.2.